The summed E-state index contributed by atoms with van der Waals surface area (Å²) in [5.74, 6) is -0.723. The third-order valence-corrected chi connectivity index (χ3v) is 5.34. The summed E-state index contributed by atoms with van der Waals surface area (Å²) in [6.07, 6.45) is 0.788. The molecule has 0 radical (unpaired) electrons. The van der Waals surface area contributed by atoms with Crippen LogP contribution in [0.4, 0.5) is 0 Å². The zero-order valence-electron chi connectivity index (χ0n) is 12.1. The largest absolute Gasteiger partial charge is 0.466 e. The van der Waals surface area contributed by atoms with Crippen molar-refractivity contribution in [3.63, 3.8) is 0 Å². The molecule has 2 aromatic rings. The summed E-state index contributed by atoms with van der Waals surface area (Å²) >= 11 is 7.92. The molecule has 4 nitrogen and oxygen atoms in total. The van der Waals surface area contributed by atoms with Crippen LogP contribution in [0.1, 0.15) is 16.0 Å². The zero-order chi connectivity index (χ0) is 15.7. The number of nitrogens with zero attached hydrogens (tertiary/aromatic N) is 1. The van der Waals surface area contributed by atoms with E-state index in [9.17, 15) is 9.90 Å². The average molecular weight is 338 g/mol. The van der Waals surface area contributed by atoms with Gasteiger partial charge < -0.3 is 9.84 Å². The van der Waals surface area contributed by atoms with Gasteiger partial charge in [-0.25, -0.2) is 4.79 Å². The second-order valence-corrected chi connectivity index (χ2v) is 6.59. The Hall–Kier alpha value is -1.40. The fourth-order valence-corrected chi connectivity index (χ4v) is 3.98. The highest BCUT2D eigenvalue weighted by Crippen LogP contribution is 2.36. The molecular formula is C16H16ClNO3S. The number of thiophene rings is 1. The van der Waals surface area contributed by atoms with Gasteiger partial charge in [0.25, 0.3) is 0 Å². The summed E-state index contributed by atoms with van der Waals surface area (Å²) < 4.78 is 4.86. The summed E-state index contributed by atoms with van der Waals surface area (Å²) in [6, 6.07) is 8.84. The minimum absolute atomic E-state index is 0.339. The number of aliphatic hydroxyl groups is 1. The molecular weight excluding hydrogens is 322 g/mol. The molecule has 3 rings (SSSR count). The highest BCUT2D eigenvalue weighted by molar-refractivity contribution is 7.10. The Balaban J connectivity index is 2.04. The number of halogens is 1. The average Bonchev–Trinajstić information content (AvgIpc) is 3.01. The van der Waals surface area contributed by atoms with E-state index < -0.39 is 11.7 Å². The normalized spacial score (nSPS) is 17.6. The van der Waals surface area contributed by atoms with E-state index in [0.717, 1.165) is 12.0 Å². The van der Waals surface area contributed by atoms with E-state index in [2.05, 4.69) is 0 Å². The van der Waals surface area contributed by atoms with Crippen molar-refractivity contribution in [3.05, 3.63) is 56.7 Å². The first kappa shape index (κ1) is 15.5. The molecule has 1 N–H and O–H groups in total. The fraction of sp³-hybridized carbons (Fsp3) is 0.312. The van der Waals surface area contributed by atoms with E-state index in [0.29, 0.717) is 23.7 Å². The van der Waals surface area contributed by atoms with E-state index in [1.807, 2.05) is 11.4 Å². The van der Waals surface area contributed by atoms with Crippen molar-refractivity contribution < 1.29 is 14.6 Å². The Bertz CT molecular complexity index is 702. The molecule has 0 bridgehead atoms. The van der Waals surface area contributed by atoms with E-state index in [1.54, 1.807) is 40.5 Å². The molecule has 0 aliphatic carbocycles. The Morgan fingerprint density at radius 1 is 1.41 bits per heavy atom. The Morgan fingerprint density at radius 2 is 2.18 bits per heavy atom. The molecule has 1 aromatic heterocycles. The van der Waals surface area contributed by atoms with E-state index in [4.69, 9.17) is 16.3 Å². The van der Waals surface area contributed by atoms with Crippen LogP contribution in [0.5, 0.6) is 0 Å². The van der Waals surface area contributed by atoms with Crippen LogP contribution in [0.3, 0.4) is 0 Å². The molecule has 1 atom stereocenters. The molecule has 0 spiro atoms. The number of esters is 1. The molecule has 0 unspecified atom stereocenters. The number of methoxy groups -OCH3 is 1. The molecule has 0 saturated heterocycles. The van der Waals surface area contributed by atoms with Crippen LogP contribution >= 0.6 is 22.9 Å². The quantitative estimate of drug-likeness (QED) is 0.875. The van der Waals surface area contributed by atoms with Gasteiger partial charge >= 0.3 is 5.97 Å². The third-order valence-electron chi connectivity index (χ3n) is 3.98. The number of rotatable bonds is 3. The Morgan fingerprint density at radius 3 is 2.91 bits per heavy atom. The predicted octanol–water partition coefficient (Wildman–Crippen LogP) is 2.78. The minimum Gasteiger partial charge on any atom is -0.466 e. The molecule has 1 aliphatic rings. The fourth-order valence-electron chi connectivity index (χ4n) is 2.82. The third kappa shape index (κ3) is 2.44. The lowest BCUT2D eigenvalue weighted by Gasteiger charge is -2.39. The molecule has 116 valence electrons. The van der Waals surface area contributed by atoms with Crippen LogP contribution in [0, 0.1) is 0 Å². The SMILES string of the molecule is COC(=O)[C@@](O)(c1ccccc1Cl)N1CCc2sccc2C1. The van der Waals surface area contributed by atoms with Gasteiger partial charge in [-0.3, -0.25) is 4.90 Å². The van der Waals surface area contributed by atoms with Crippen LogP contribution < -0.4 is 0 Å². The van der Waals surface area contributed by atoms with Gasteiger partial charge in [-0.15, -0.1) is 11.3 Å². The maximum Gasteiger partial charge on any atom is 0.358 e. The van der Waals surface area contributed by atoms with Gasteiger partial charge in [-0.1, -0.05) is 29.8 Å². The van der Waals surface area contributed by atoms with Crippen LogP contribution in [-0.4, -0.2) is 29.6 Å². The molecule has 1 aliphatic heterocycles. The molecule has 22 heavy (non-hydrogen) atoms. The molecule has 0 amide bonds. The summed E-state index contributed by atoms with van der Waals surface area (Å²) in [7, 11) is 1.27. The van der Waals surface area contributed by atoms with Crippen molar-refractivity contribution >= 4 is 28.9 Å². The topological polar surface area (TPSA) is 49.8 Å². The van der Waals surface area contributed by atoms with Gasteiger partial charge in [0.15, 0.2) is 0 Å². The lowest BCUT2D eigenvalue weighted by molar-refractivity contribution is -0.192. The number of carbonyl (C=O) groups is 1. The van der Waals surface area contributed by atoms with Gasteiger partial charge in [0.1, 0.15) is 0 Å². The van der Waals surface area contributed by atoms with Crippen molar-refractivity contribution in [2.45, 2.75) is 18.7 Å². The first-order valence-corrected chi connectivity index (χ1v) is 8.19. The first-order chi connectivity index (χ1) is 10.6. The standard InChI is InChI=1S/C16H16ClNO3S/c1-21-15(19)16(20,12-4-2-3-5-13(12)17)18-8-6-14-11(10-18)7-9-22-14/h2-5,7,9,20H,6,8,10H2,1H3/t16-/m0/s1. The maximum atomic E-state index is 12.4. The van der Waals surface area contributed by atoms with Crippen molar-refractivity contribution in [2.24, 2.45) is 0 Å². The van der Waals surface area contributed by atoms with Crippen molar-refractivity contribution in [3.8, 4) is 0 Å². The number of hydrogen-bond acceptors (Lipinski definition) is 5. The number of fused-ring (bicyclic) bond motifs is 1. The van der Waals surface area contributed by atoms with Gasteiger partial charge in [0.2, 0.25) is 5.72 Å². The van der Waals surface area contributed by atoms with Crippen LogP contribution in [0.15, 0.2) is 35.7 Å². The summed E-state index contributed by atoms with van der Waals surface area (Å²) in [5.41, 5.74) is -0.403. The maximum absolute atomic E-state index is 12.4. The van der Waals surface area contributed by atoms with Crippen molar-refractivity contribution in [1.82, 2.24) is 4.90 Å². The Kier molecular flexibility index (Phi) is 4.23. The van der Waals surface area contributed by atoms with E-state index in [-0.39, 0.29) is 0 Å². The number of carbonyl (C=O) groups excluding carboxylic acids is 1. The summed E-state index contributed by atoms with van der Waals surface area (Å²) in [5, 5.41) is 13.6. The van der Waals surface area contributed by atoms with E-state index >= 15 is 0 Å². The summed E-state index contributed by atoms with van der Waals surface area (Å²) in [4.78, 5) is 15.4. The van der Waals surface area contributed by atoms with Crippen molar-refractivity contribution in [2.75, 3.05) is 13.7 Å². The van der Waals surface area contributed by atoms with Gasteiger partial charge in [0.05, 0.1) is 7.11 Å². The van der Waals surface area contributed by atoms with Gasteiger partial charge in [-0.05, 0) is 29.5 Å². The van der Waals surface area contributed by atoms with Crippen molar-refractivity contribution in [1.29, 1.82) is 0 Å². The molecule has 0 fully saturated rings. The smallest absolute Gasteiger partial charge is 0.358 e. The summed E-state index contributed by atoms with van der Waals surface area (Å²) in [6.45, 7) is 1.04. The number of benzene rings is 1. The zero-order valence-corrected chi connectivity index (χ0v) is 13.7. The molecule has 6 heteroatoms. The predicted molar refractivity (Wildman–Crippen MR) is 85.8 cm³/mol. The highest BCUT2D eigenvalue weighted by atomic mass is 35.5. The number of ether oxygens (including phenoxy) is 1. The lowest BCUT2D eigenvalue weighted by atomic mass is 9.97. The monoisotopic (exact) mass is 337 g/mol. The first-order valence-electron chi connectivity index (χ1n) is 6.93. The van der Waals surface area contributed by atoms with Crippen LogP contribution in [0.25, 0.3) is 0 Å². The highest BCUT2D eigenvalue weighted by Gasteiger charge is 2.47. The van der Waals surface area contributed by atoms with Crippen LogP contribution in [0.2, 0.25) is 5.02 Å². The molecule has 0 saturated carbocycles. The second-order valence-electron chi connectivity index (χ2n) is 5.18. The van der Waals surface area contributed by atoms with E-state index in [1.165, 1.54) is 12.0 Å². The second kappa shape index (κ2) is 6.01. The number of hydrogen-bond donors (Lipinski definition) is 1. The van der Waals surface area contributed by atoms with Crippen LogP contribution in [-0.2, 0) is 28.2 Å². The Labute approximate surface area is 137 Å². The van der Waals surface area contributed by atoms with Gasteiger partial charge in [-0.2, -0.15) is 0 Å². The molecule has 1 aromatic carbocycles. The lowest BCUT2D eigenvalue weighted by Crippen LogP contribution is -2.54. The minimum atomic E-state index is -1.88. The molecule has 2 heterocycles. The van der Waals surface area contributed by atoms with Gasteiger partial charge in [0, 0.05) is 28.6 Å².